The van der Waals surface area contributed by atoms with E-state index in [2.05, 4.69) is 15.2 Å². The van der Waals surface area contributed by atoms with E-state index >= 15 is 0 Å². The maximum absolute atomic E-state index is 11.4. The van der Waals surface area contributed by atoms with Crippen molar-refractivity contribution in [2.24, 2.45) is 10.2 Å². The Kier molecular flexibility index (Phi) is 4.32. The molecule has 0 saturated heterocycles. The van der Waals surface area contributed by atoms with E-state index in [0.717, 1.165) is 5.75 Å². The van der Waals surface area contributed by atoms with Gasteiger partial charge in [0.1, 0.15) is 17.1 Å². The number of aromatic carboxylic acids is 1. The standard InChI is InChI=1S/C20H14N4O3/c25-20(26)18-19(24-13-5-4-8-17(24)21-18)23-22-14-9-11-16(12-10-14)27-15-6-2-1-3-7-15/h1-13H,(H,25,26). The first kappa shape index (κ1) is 16.5. The molecule has 0 aliphatic rings. The van der Waals surface area contributed by atoms with Gasteiger partial charge in [-0.1, -0.05) is 24.3 Å². The largest absolute Gasteiger partial charge is 0.476 e. The maximum Gasteiger partial charge on any atom is 0.358 e. The number of carboxylic acids is 1. The van der Waals surface area contributed by atoms with Gasteiger partial charge in [0.2, 0.25) is 0 Å². The lowest BCUT2D eigenvalue weighted by Gasteiger charge is -2.04. The van der Waals surface area contributed by atoms with Crippen molar-refractivity contribution in [3.05, 3.63) is 84.7 Å². The smallest absolute Gasteiger partial charge is 0.358 e. The summed E-state index contributed by atoms with van der Waals surface area (Å²) in [4.78, 5) is 15.5. The molecule has 0 spiro atoms. The summed E-state index contributed by atoms with van der Waals surface area (Å²) in [7, 11) is 0. The minimum atomic E-state index is -1.15. The topological polar surface area (TPSA) is 88.5 Å². The van der Waals surface area contributed by atoms with Crippen molar-refractivity contribution >= 4 is 23.1 Å². The van der Waals surface area contributed by atoms with Gasteiger partial charge in [-0.3, -0.25) is 4.40 Å². The number of pyridine rings is 1. The molecule has 2 aromatic heterocycles. The zero-order chi connectivity index (χ0) is 18.6. The Bertz CT molecular complexity index is 1120. The highest BCUT2D eigenvalue weighted by Crippen LogP contribution is 2.27. The van der Waals surface area contributed by atoms with Crippen LogP contribution in [0.3, 0.4) is 0 Å². The number of carbonyl (C=O) groups is 1. The summed E-state index contributed by atoms with van der Waals surface area (Å²) in [6.07, 6.45) is 1.69. The van der Waals surface area contributed by atoms with Gasteiger partial charge in [0.25, 0.3) is 0 Å². The molecule has 2 heterocycles. The van der Waals surface area contributed by atoms with Gasteiger partial charge < -0.3 is 9.84 Å². The molecule has 4 rings (SSSR count). The molecule has 0 unspecified atom stereocenters. The zero-order valence-corrected chi connectivity index (χ0v) is 14.1. The molecule has 0 aliphatic carbocycles. The summed E-state index contributed by atoms with van der Waals surface area (Å²) < 4.78 is 7.31. The number of nitrogens with zero attached hydrogens (tertiary/aromatic N) is 4. The van der Waals surface area contributed by atoms with Crippen LogP contribution in [0.1, 0.15) is 10.5 Å². The van der Waals surface area contributed by atoms with Crippen LogP contribution in [-0.2, 0) is 0 Å². The fraction of sp³-hybridized carbons (Fsp3) is 0. The Morgan fingerprint density at radius 3 is 2.33 bits per heavy atom. The molecule has 132 valence electrons. The second-order valence-electron chi connectivity index (χ2n) is 5.63. The second-order valence-corrected chi connectivity index (χ2v) is 5.63. The first-order valence-electron chi connectivity index (χ1n) is 8.16. The second kappa shape index (κ2) is 7.09. The van der Waals surface area contributed by atoms with E-state index in [-0.39, 0.29) is 11.5 Å². The lowest BCUT2D eigenvalue weighted by Crippen LogP contribution is -1.96. The molecule has 0 radical (unpaired) electrons. The molecule has 0 atom stereocenters. The minimum absolute atomic E-state index is 0.144. The first-order valence-corrected chi connectivity index (χ1v) is 8.16. The Balaban J connectivity index is 1.59. The highest BCUT2D eigenvalue weighted by molar-refractivity contribution is 5.91. The summed E-state index contributed by atoms with van der Waals surface area (Å²) in [6, 6.07) is 21.7. The van der Waals surface area contributed by atoms with Gasteiger partial charge in [0.05, 0.1) is 5.69 Å². The third-order valence-corrected chi connectivity index (χ3v) is 3.78. The number of hydrogen-bond acceptors (Lipinski definition) is 5. The molecule has 0 saturated carbocycles. The number of hydrogen-bond donors (Lipinski definition) is 1. The number of azo groups is 1. The predicted octanol–water partition coefficient (Wildman–Crippen LogP) is 5.24. The van der Waals surface area contributed by atoms with Crippen LogP contribution in [0.2, 0.25) is 0 Å². The van der Waals surface area contributed by atoms with Crippen LogP contribution in [0.5, 0.6) is 11.5 Å². The van der Waals surface area contributed by atoms with Gasteiger partial charge in [-0.25, -0.2) is 9.78 Å². The van der Waals surface area contributed by atoms with Crippen LogP contribution >= 0.6 is 0 Å². The summed E-state index contributed by atoms with van der Waals surface area (Å²) in [5.74, 6) is 0.423. The van der Waals surface area contributed by atoms with Crippen LogP contribution in [-0.4, -0.2) is 20.5 Å². The van der Waals surface area contributed by atoms with Gasteiger partial charge in [0, 0.05) is 6.20 Å². The van der Waals surface area contributed by atoms with Crippen molar-refractivity contribution < 1.29 is 14.6 Å². The van der Waals surface area contributed by atoms with Crippen molar-refractivity contribution in [3.8, 4) is 11.5 Å². The molecule has 0 fully saturated rings. The number of para-hydroxylation sites is 1. The van der Waals surface area contributed by atoms with E-state index in [1.807, 2.05) is 30.3 Å². The van der Waals surface area contributed by atoms with Crippen molar-refractivity contribution in [3.63, 3.8) is 0 Å². The molecule has 0 amide bonds. The van der Waals surface area contributed by atoms with Crippen LogP contribution in [0.15, 0.2) is 89.2 Å². The molecule has 7 nitrogen and oxygen atoms in total. The third kappa shape index (κ3) is 3.52. The summed E-state index contributed by atoms with van der Waals surface area (Å²) in [5, 5.41) is 17.6. The van der Waals surface area contributed by atoms with Gasteiger partial charge in [-0.05, 0) is 48.5 Å². The monoisotopic (exact) mass is 358 g/mol. The van der Waals surface area contributed by atoms with E-state index in [1.165, 1.54) is 0 Å². The van der Waals surface area contributed by atoms with E-state index < -0.39 is 5.97 Å². The van der Waals surface area contributed by atoms with Gasteiger partial charge in [0.15, 0.2) is 11.5 Å². The molecule has 4 aromatic rings. The predicted molar refractivity (Wildman–Crippen MR) is 99.3 cm³/mol. The Hall–Kier alpha value is -4.00. The average molecular weight is 358 g/mol. The Labute approximate surface area is 154 Å². The number of aromatic nitrogens is 2. The van der Waals surface area contributed by atoms with Crippen LogP contribution in [0.4, 0.5) is 11.5 Å². The quantitative estimate of drug-likeness (QED) is 0.494. The Morgan fingerprint density at radius 2 is 1.59 bits per heavy atom. The first-order chi connectivity index (χ1) is 13.2. The van der Waals surface area contributed by atoms with Crippen molar-refractivity contribution in [2.45, 2.75) is 0 Å². The third-order valence-electron chi connectivity index (χ3n) is 3.78. The molecule has 0 aliphatic heterocycles. The molecule has 0 bridgehead atoms. The van der Waals surface area contributed by atoms with Gasteiger partial charge >= 0.3 is 5.97 Å². The summed E-state index contributed by atoms with van der Waals surface area (Å²) in [6.45, 7) is 0. The number of carboxylic acid groups (broad SMARTS) is 1. The fourth-order valence-corrected chi connectivity index (χ4v) is 2.53. The molecule has 27 heavy (non-hydrogen) atoms. The average Bonchev–Trinajstić information content (AvgIpc) is 3.07. The molecule has 2 aromatic carbocycles. The molecule has 1 N–H and O–H groups in total. The SMILES string of the molecule is O=C(O)c1nc2ccccn2c1N=Nc1ccc(Oc2ccccc2)cc1. The molecular weight excluding hydrogens is 344 g/mol. The Morgan fingerprint density at radius 1 is 0.889 bits per heavy atom. The summed E-state index contributed by atoms with van der Waals surface area (Å²) in [5.41, 5.74) is 0.919. The van der Waals surface area contributed by atoms with Crippen LogP contribution < -0.4 is 4.74 Å². The number of ether oxygens (including phenoxy) is 1. The number of imidazole rings is 1. The summed E-state index contributed by atoms with van der Waals surface area (Å²) >= 11 is 0. The van der Waals surface area contributed by atoms with Crippen molar-refractivity contribution in [2.75, 3.05) is 0 Å². The normalized spacial score (nSPS) is 11.1. The van der Waals surface area contributed by atoms with Crippen LogP contribution in [0.25, 0.3) is 5.65 Å². The van der Waals surface area contributed by atoms with E-state index in [1.54, 1.807) is 53.1 Å². The molecule has 7 heteroatoms. The van der Waals surface area contributed by atoms with Crippen molar-refractivity contribution in [1.82, 2.24) is 9.38 Å². The fourth-order valence-electron chi connectivity index (χ4n) is 2.53. The van der Waals surface area contributed by atoms with E-state index in [0.29, 0.717) is 17.1 Å². The molecular formula is C20H14N4O3. The van der Waals surface area contributed by atoms with Gasteiger partial charge in [-0.15, -0.1) is 10.2 Å². The van der Waals surface area contributed by atoms with Gasteiger partial charge in [-0.2, -0.15) is 0 Å². The number of fused-ring (bicyclic) bond motifs is 1. The number of rotatable bonds is 5. The lowest BCUT2D eigenvalue weighted by atomic mass is 10.3. The van der Waals surface area contributed by atoms with E-state index in [4.69, 9.17) is 4.74 Å². The van der Waals surface area contributed by atoms with E-state index in [9.17, 15) is 9.90 Å². The zero-order valence-electron chi connectivity index (χ0n) is 14.1. The highest BCUT2D eigenvalue weighted by atomic mass is 16.5. The lowest BCUT2D eigenvalue weighted by molar-refractivity contribution is 0.0692. The maximum atomic E-state index is 11.4. The minimum Gasteiger partial charge on any atom is -0.476 e. The highest BCUT2D eigenvalue weighted by Gasteiger charge is 2.17. The number of benzene rings is 2. The van der Waals surface area contributed by atoms with Crippen molar-refractivity contribution in [1.29, 1.82) is 0 Å². The van der Waals surface area contributed by atoms with Crippen LogP contribution in [0, 0.1) is 0 Å².